The lowest BCUT2D eigenvalue weighted by Gasteiger charge is -2.08. The molecule has 5 nitrogen and oxygen atoms in total. The minimum Gasteiger partial charge on any atom is -0.323 e. The normalized spacial score (nSPS) is 10.6. The van der Waals surface area contributed by atoms with Crippen molar-refractivity contribution in [3.63, 3.8) is 0 Å². The quantitative estimate of drug-likeness (QED) is 0.519. The van der Waals surface area contributed by atoms with Crippen molar-refractivity contribution in [1.29, 1.82) is 0 Å². The fraction of sp³-hybridized carbons (Fsp3) is 0.111. The summed E-state index contributed by atoms with van der Waals surface area (Å²) in [6.45, 7) is 1.78. The third-order valence-electron chi connectivity index (χ3n) is 3.30. The first kappa shape index (κ1) is 18.3. The molecular weight excluding hydrogens is 375 g/mol. The lowest BCUT2D eigenvalue weighted by molar-refractivity contribution is -0.113. The van der Waals surface area contributed by atoms with Gasteiger partial charge in [0.15, 0.2) is 0 Å². The number of amides is 1. The number of benzene rings is 1. The van der Waals surface area contributed by atoms with Crippen molar-refractivity contribution in [3.8, 4) is 11.4 Å². The molecule has 0 aliphatic rings. The Balaban J connectivity index is 1.67. The zero-order chi connectivity index (χ0) is 18.5. The molecule has 0 saturated carbocycles. The zero-order valence-electron chi connectivity index (χ0n) is 13.7. The number of aromatic nitrogens is 3. The van der Waals surface area contributed by atoms with Crippen LogP contribution in [0.5, 0.6) is 0 Å². The minimum atomic E-state index is -0.578. The Morgan fingerprint density at radius 2 is 2.04 bits per heavy atom. The average molecular weight is 389 g/mol. The predicted octanol–water partition coefficient (Wildman–Crippen LogP) is 4.37. The Labute approximate surface area is 159 Å². The molecule has 1 amide bonds. The Morgan fingerprint density at radius 3 is 2.77 bits per heavy atom. The predicted molar refractivity (Wildman–Crippen MR) is 101 cm³/mol. The van der Waals surface area contributed by atoms with E-state index in [1.165, 1.54) is 23.9 Å². The number of hydrogen-bond donors (Lipinski definition) is 1. The summed E-state index contributed by atoms with van der Waals surface area (Å²) in [6, 6.07) is 11.4. The highest BCUT2D eigenvalue weighted by atomic mass is 35.5. The summed E-state index contributed by atoms with van der Waals surface area (Å²) in [5, 5.41) is 3.43. The maximum absolute atomic E-state index is 13.7. The lowest BCUT2D eigenvalue weighted by Crippen LogP contribution is -2.15. The van der Waals surface area contributed by atoms with E-state index in [1.54, 1.807) is 19.2 Å². The van der Waals surface area contributed by atoms with E-state index >= 15 is 0 Å². The molecule has 0 spiro atoms. The van der Waals surface area contributed by atoms with Crippen LogP contribution in [-0.4, -0.2) is 26.6 Å². The number of rotatable bonds is 5. The van der Waals surface area contributed by atoms with Crippen LogP contribution >= 0.6 is 23.4 Å². The van der Waals surface area contributed by atoms with Gasteiger partial charge in [0, 0.05) is 11.2 Å². The zero-order valence-corrected chi connectivity index (χ0v) is 15.3. The molecule has 0 aliphatic carbocycles. The van der Waals surface area contributed by atoms with Gasteiger partial charge in [0.25, 0.3) is 0 Å². The molecule has 0 unspecified atom stereocenters. The van der Waals surface area contributed by atoms with Crippen LogP contribution in [-0.2, 0) is 4.79 Å². The molecule has 0 saturated heterocycles. The molecule has 0 radical (unpaired) electrons. The third-order valence-corrected chi connectivity index (χ3v) is 4.44. The second-order valence-corrected chi connectivity index (χ2v) is 6.75. The van der Waals surface area contributed by atoms with Gasteiger partial charge in [-0.15, -0.1) is 0 Å². The van der Waals surface area contributed by atoms with Gasteiger partial charge in [-0.1, -0.05) is 29.4 Å². The van der Waals surface area contributed by atoms with Crippen LogP contribution < -0.4 is 5.32 Å². The largest absolute Gasteiger partial charge is 0.323 e. The van der Waals surface area contributed by atoms with E-state index in [0.29, 0.717) is 16.5 Å². The Kier molecular flexibility index (Phi) is 5.80. The van der Waals surface area contributed by atoms with E-state index in [0.717, 1.165) is 11.8 Å². The van der Waals surface area contributed by atoms with E-state index in [9.17, 15) is 9.18 Å². The fourth-order valence-electron chi connectivity index (χ4n) is 2.18. The van der Waals surface area contributed by atoms with Crippen molar-refractivity contribution in [3.05, 3.63) is 65.3 Å². The molecule has 132 valence electrons. The van der Waals surface area contributed by atoms with E-state index in [1.807, 2.05) is 18.2 Å². The summed E-state index contributed by atoms with van der Waals surface area (Å²) in [6.07, 6.45) is 1.69. The Morgan fingerprint density at radius 1 is 1.19 bits per heavy atom. The first-order valence-electron chi connectivity index (χ1n) is 7.66. The van der Waals surface area contributed by atoms with Crippen molar-refractivity contribution in [2.75, 3.05) is 11.1 Å². The van der Waals surface area contributed by atoms with Gasteiger partial charge in [0.2, 0.25) is 5.91 Å². The SMILES string of the molecule is Cc1nc(SCC(=O)Nc2ccc(Cl)cc2F)cc(-c2ccccn2)n1. The van der Waals surface area contributed by atoms with Crippen molar-refractivity contribution in [2.45, 2.75) is 11.9 Å². The van der Waals surface area contributed by atoms with Crippen LogP contribution in [0.2, 0.25) is 5.02 Å². The van der Waals surface area contributed by atoms with Gasteiger partial charge in [-0.25, -0.2) is 14.4 Å². The second kappa shape index (κ2) is 8.25. The summed E-state index contributed by atoms with van der Waals surface area (Å²) in [5.41, 5.74) is 1.50. The molecule has 26 heavy (non-hydrogen) atoms. The smallest absolute Gasteiger partial charge is 0.234 e. The second-order valence-electron chi connectivity index (χ2n) is 5.31. The van der Waals surface area contributed by atoms with Crippen molar-refractivity contribution in [2.24, 2.45) is 0 Å². The standard InChI is InChI=1S/C18H14ClFN4OS/c1-11-22-16(15-4-2-3-7-21-15)9-18(23-11)26-10-17(25)24-14-6-5-12(19)8-13(14)20/h2-9H,10H2,1H3,(H,24,25). The van der Waals surface area contributed by atoms with Gasteiger partial charge in [-0.05, 0) is 43.3 Å². The van der Waals surface area contributed by atoms with Crippen molar-refractivity contribution >= 4 is 35.0 Å². The highest BCUT2D eigenvalue weighted by Crippen LogP contribution is 2.23. The van der Waals surface area contributed by atoms with E-state index < -0.39 is 5.82 Å². The minimum absolute atomic E-state index is 0.0835. The first-order chi connectivity index (χ1) is 12.5. The van der Waals surface area contributed by atoms with Gasteiger partial charge in [-0.2, -0.15) is 0 Å². The molecule has 2 aromatic heterocycles. The number of nitrogens with zero attached hydrogens (tertiary/aromatic N) is 3. The maximum atomic E-state index is 13.7. The fourth-order valence-corrected chi connectivity index (χ4v) is 3.08. The molecule has 2 heterocycles. The lowest BCUT2D eigenvalue weighted by atomic mass is 10.2. The number of hydrogen-bond acceptors (Lipinski definition) is 5. The number of nitrogens with one attached hydrogen (secondary N) is 1. The molecule has 1 N–H and O–H groups in total. The summed E-state index contributed by atoms with van der Waals surface area (Å²) in [7, 11) is 0. The summed E-state index contributed by atoms with van der Waals surface area (Å²) < 4.78 is 13.7. The van der Waals surface area contributed by atoms with Gasteiger partial charge in [0.05, 0.1) is 22.8 Å². The third kappa shape index (κ3) is 4.77. The van der Waals surface area contributed by atoms with Crippen LogP contribution in [0, 0.1) is 12.7 Å². The number of pyridine rings is 1. The summed E-state index contributed by atoms with van der Waals surface area (Å²) in [5.74, 6) is -0.252. The topological polar surface area (TPSA) is 67.8 Å². The van der Waals surface area contributed by atoms with Gasteiger partial charge >= 0.3 is 0 Å². The van der Waals surface area contributed by atoms with Gasteiger partial charge < -0.3 is 5.32 Å². The molecule has 0 atom stereocenters. The van der Waals surface area contributed by atoms with Crippen LogP contribution in [0.25, 0.3) is 11.4 Å². The molecule has 8 heteroatoms. The van der Waals surface area contributed by atoms with Crippen LogP contribution in [0.4, 0.5) is 10.1 Å². The molecule has 0 fully saturated rings. The highest BCUT2D eigenvalue weighted by molar-refractivity contribution is 7.99. The molecule has 1 aromatic carbocycles. The highest BCUT2D eigenvalue weighted by Gasteiger charge is 2.11. The Hall–Kier alpha value is -2.51. The van der Waals surface area contributed by atoms with Gasteiger partial charge in [0.1, 0.15) is 16.7 Å². The van der Waals surface area contributed by atoms with Crippen molar-refractivity contribution in [1.82, 2.24) is 15.0 Å². The number of thioether (sulfide) groups is 1. The molecule has 0 aliphatic heterocycles. The van der Waals surface area contributed by atoms with Crippen LogP contribution in [0.3, 0.4) is 0 Å². The molecule has 3 aromatic rings. The van der Waals surface area contributed by atoms with Crippen LogP contribution in [0.1, 0.15) is 5.82 Å². The summed E-state index contributed by atoms with van der Waals surface area (Å²) in [4.78, 5) is 25.0. The average Bonchev–Trinajstić information content (AvgIpc) is 2.63. The molecule has 3 rings (SSSR count). The van der Waals surface area contributed by atoms with Crippen LogP contribution in [0.15, 0.2) is 53.7 Å². The monoisotopic (exact) mass is 388 g/mol. The number of carbonyl (C=O) groups is 1. The van der Waals surface area contributed by atoms with E-state index in [-0.39, 0.29) is 22.4 Å². The maximum Gasteiger partial charge on any atom is 0.234 e. The summed E-state index contributed by atoms with van der Waals surface area (Å²) >= 11 is 6.94. The molecular formula is C18H14ClFN4OS. The first-order valence-corrected chi connectivity index (χ1v) is 9.02. The van der Waals surface area contributed by atoms with Gasteiger partial charge in [-0.3, -0.25) is 9.78 Å². The van der Waals surface area contributed by atoms with Crippen molar-refractivity contribution < 1.29 is 9.18 Å². The van der Waals surface area contributed by atoms with E-state index in [2.05, 4.69) is 20.3 Å². The Bertz CT molecular complexity index is 940. The number of halogens is 2. The molecule has 0 bridgehead atoms. The number of carbonyl (C=O) groups excluding carboxylic acids is 1. The van der Waals surface area contributed by atoms with E-state index in [4.69, 9.17) is 11.6 Å². The number of aryl methyl sites for hydroxylation is 1. The number of anilines is 1.